The number of aromatic nitrogens is 1. The summed E-state index contributed by atoms with van der Waals surface area (Å²) in [6.45, 7) is 10.1. The lowest BCUT2D eigenvalue weighted by Crippen LogP contribution is -2.32. The van der Waals surface area contributed by atoms with E-state index in [2.05, 4.69) is 48.4 Å². The van der Waals surface area contributed by atoms with Crippen LogP contribution in [0.2, 0.25) is 0 Å². The average Bonchev–Trinajstić information content (AvgIpc) is 2.74. The lowest BCUT2D eigenvalue weighted by Gasteiger charge is -2.06. The average molecular weight is 268 g/mol. The molecule has 0 amide bonds. The zero-order chi connectivity index (χ0) is 13.5. The first-order valence-corrected chi connectivity index (χ1v) is 7.35. The first-order chi connectivity index (χ1) is 8.49. The standard InChI is InChI=1S/C13H24N4S/c1-9(2)5-6-15-13(14)16-7-12-17-11(8-18-12)10(3)4/h8-10H,5-7H2,1-4H3,(H3,14,15,16). The number of rotatable bonds is 6. The highest BCUT2D eigenvalue weighted by Gasteiger charge is 2.05. The summed E-state index contributed by atoms with van der Waals surface area (Å²) in [6.07, 6.45) is 1.10. The van der Waals surface area contributed by atoms with Crippen LogP contribution < -0.4 is 11.1 Å². The topological polar surface area (TPSA) is 63.3 Å². The van der Waals surface area contributed by atoms with Crippen molar-refractivity contribution in [1.29, 1.82) is 0 Å². The van der Waals surface area contributed by atoms with Crippen LogP contribution in [0.25, 0.3) is 0 Å². The minimum Gasteiger partial charge on any atom is -0.370 e. The van der Waals surface area contributed by atoms with Crippen molar-refractivity contribution in [2.45, 2.75) is 46.6 Å². The van der Waals surface area contributed by atoms with Gasteiger partial charge in [-0.15, -0.1) is 11.3 Å². The molecule has 0 radical (unpaired) electrons. The Kier molecular flexibility index (Phi) is 6.12. The van der Waals surface area contributed by atoms with Gasteiger partial charge in [-0.1, -0.05) is 27.7 Å². The lowest BCUT2D eigenvalue weighted by molar-refractivity contribution is 0.576. The normalized spacial score (nSPS) is 12.4. The van der Waals surface area contributed by atoms with Gasteiger partial charge >= 0.3 is 0 Å². The minimum atomic E-state index is 0.473. The predicted octanol–water partition coefficient (Wildman–Crippen LogP) is 2.72. The maximum absolute atomic E-state index is 5.79. The van der Waals surface area contributed by atoms with Crippen molar-refractivity contribution >= 4 is 17.3 Å². The van der Waals surface area contributed by atoms with Gasteiger partial charge in [-0.3, -0.25) is 0 Å². The SMILES string of the molecule is CC(C)CCNC(N)=NCc1nc(C(C)C)cs1. The third-order valence-corrected chi connectivity index (χ3v) is 3.43. The molecule has 0 saturated heterocycles. The summed E-state index contributed by atoms with van der Waals surface area (Å²) < 4.78 is 0. The number of nitrogens with zero attached hydrogens (tertiary/aromatic N) is 2. The first-order valence-electron chi connectivity index (χ1n) is 6.47. The largest absolute Gasteiger partial charge is 0.370 e. The molecule has 3 N–H and O–H groups in total. The van der Waals surface area contributed by atoms with E-state index in [4.69, 9.17) is 5.73 Å². The number of hydrogen-bond donors (Lipinski definition) is 2. The van der Waals surface area contributed by atoms with Gasteiger partial charge in [-0.05, 0) is 18.3 Å². The van der Waals surface area contributed by atoms with Gasteiger partial charge in [-0.2, -0.15) is 0 Å². The number of aliphatic imine (C=N–C) groups is 1. The summed E-state index contributed by atoms with van der Waals surface area (Å²) in [5.74, 6) is 1.66. The molecule has 4 nitrogen and oxygen atoms in total. The molecule has 0 aliphatic rings. The quantitative estimate of drug-likeness (QED) is 0.616. The van der Waals surface area contributed by atoms with E-state index in [1.54, 1.807) is 11.3 Å². The van der Waals surface area contributed by atoms with Gasteiger partial charge < -0.3 is 11.1 Å². The molecule has 0 aromatic carbocycles. The highest BCUT2D eigenvalue weighted by Crippen LogP contribution is 2.18. The summed E-state index contributed by atoms with van der Waals surface area (Å²) in [5, 5.41) is 6.23. The van der Waals surface area contributed by atoms with E-state index in [1.807, 2.05) is 0 Å². The Balaban J connectivity index is 2.37. The second-order valence-corrected chi connectivity index (χ2v) is 6.07. The van der Waals surface area contributed by atoms with Gasteiger partial charge in [0.2, 0.25) is 0 Å². The van der Waals surface area contributed by atoms with Crippen LogP contribution >= 0.6 is 11.3 Å². The maximum Gasteiger partial charge on any atom is 0.189 e. The Morgan fingerprint density at radius 1 is 1.44 bits per heavy atom. The molecule has 0 unspecified atom stereocenters. The molecule has 0 spiro atoms. The number of nitrogens with one attached hydrogen (secondary N) is 1. The van der Waals surface area contributed by atoms with Crippen molar-refractivity contribution in [3.8, 4) is 0 Å². The molecule has 1 aromatic rings. The Morgan fingerprint density at radius 3 is 2.72 bits per heavy atom. The fourth-order valence-electron chi connectivity index (χ4n) is 1.36. The van der Waals surface area contributed by atoms with Crippen LogP contribution in [-0.4, -0.2) is 17.5 Å². The summed E-state index contributed by atoms with van der Waals surface area (Å²) >= 11 is 1.65. The van der Waals surface area contributed by atoms with Crippen molar-refractivity contribution in [3.63, 3.8) is 0 Å². The molecule has 0 aliphatic heterocycles. The Morgan fingerprint density at radius 2 is 2.17 bits per heavy atom. The monoisotopic (exact) mass is 268 g/mol. The van der Waals surface area contributed by atoms with E-state index in [9.17, 15) is 0 Å². The highest BCUT2D eigenvalue weighted by atomic mass is 32.1. The third-order valence-electron chi connectivity index (χ3n) is 2.57. The minimum absolute atomic E-state index is 0.473. The third kappa shape index (κ3) is 5.49. The van der Waals surface area contributed by atoms with E-state index < -0.39 is 0 Å². The maximum atomic E-state index is 5.79. The van der Waals surface area contributed by atoms with Crippen molar-refractivity contribution in [1.82, 2.24) is 10.3 Å². The fraction of sp³-hybridized carbons (Fsp3) is 0.692. The van der Waals surface area contributed by atoms with Gasteiger partial charge in [0.25, 0.3) is 0 Å². The second kappa shape index (κ2) is 7.36. The molecule has 1 rings (SSSR count). The van der Waals surface area contributed by atoms with Crippen molar-refractivity contribution in [2.24, 2.45) is 16.6 Å². The molecule has 0 aliphatic carbocycles. The summed E-state index contributed by atoms with van der Waals surface area (Å²) in [6, 6.07) is 0. The van der Waals surface area contributed by atoms with Crippen molar-refractivity contribution in [3.05, 3.63) is 16.1 Å². The van der Waals surface area contributed by atoms with E-state index in [-0.39, 0.29) is 0 Å². The predicted molar refractivity (Wildman–Crippen MR) is 79.0 cm³/mol. The lowest BCUT2D eigenvalue weighted by atomic mass is 10.1. The molecule has 1 heterocycles. The van der Waals surface area contributed by atoms with Gasteiger partial charge in [-0.25, -0.2) is 9.98 Å². The van der Waals surface area contributed by atoms with Crippen LogP contribution in [0.3, 0.4) is 0 Å². The molecule has 1 aromatic heterocycles. The fourth-order valence-corrected chi connectivity index (χ4v) is 2.24. The smallest absolute Gasteiger partial charge is 0.189 e. The van der Waals surface area contributed by atoms with Crippen molar-refractivity contribution in [2.75, 3.05) is 6.54 Å². The van der Waals surface area contributed by atoms with E-state index in [0.29, 0.717) is 24.3 Å². The molecule has 18 heavy (non-hydrogen) atoms. The molecule has 0 saturated carbocycles. The molecule has 0 fully saturated rings. The summed E-state index contributed by atoms with van der Waals surface area (Å²) in [7, 11) is 0. The van der Waals surface area contributed by atoms with Crippen LogP contribution in [0, 0.1) is 5.92 Å². The molecule has 102 valence electrons. The van der Waals surface area contributed by atoms with Crippen LogP contribution in [0.5, 0.6) is 0 Å². The Hall–Kier alpha value is -1.10. The molecule has 5 heteroatoms. The zero-order valence-corrected chi connectivity index (χ0v) is 12.5. The van der Waals surface area contributed by atoms with Gasteiger partial charge in [0.1, 0.15) is 5.01 Å². The van der Waals surface area contributed by atoms with E-state index in [0.717, 1.165) is 23.7 Å². The molecule has 0 atom stereocenters. The van der Waals surface area contributed by atoms with Crippen LogP contribution in [0.15, 0.2) is 10.4 Å². The van der Waals surface area contributed by atoms with Gasteiger partial charge in [0.15, 0.2) is 5.96 Å². The van der Waals surface area contributed by atoms with E-state index in [1.165, 1.54) is 0 Å². The Labute approximate surface area is 114 Å². The summed E-state index contributed by atoms with van der Waals surface area (Å²) in [5.41, 5.74) is 6.93. The number of nitrogens with two attached hydrogens (primary N) is 1. The van der Waals surface area contributed by atoms with Crippen LogP contribution in [-0.2, 0) is 6.54 Å². The van der Waals surface area contributed by atoms with Gasteiger partial charge in [0, 0.05) is 11.9 Å². The Bertz CT molecular complexity index is 382. The highest BCUT2D eigenvalue weighted by molar-refractivity contribution is 7.09. The zero-order valence-electron chi connectivity index (χ0n) is 11.7. The first kappa shape index (κ1) is 15.0. The van der Waals surface area contributed by atoms with E-state index >= 15 is 0 Å². The second-order valence-electron chi connectivity index (χ2n) is 5.13. The van der Waals surface area contributed by atoms with Crippen molar-refractivity contribution < 1.29 is 0 Å². The molecule has 0 bridgehead atoms. The number of thiazole rings is 1. The molecular formula is C13H24N4S. The molecular weight excluding hydrogens is 244 g/mol. The van der Waals surface area contributed by atoms with Gasteiger partial charge in [0.05, 0.1) is 12.2 Å². The summed E-state index contributed by atoms with van der Waals surface area (Å²) in [4.78, 5) is 8.81. The number of hydrogen-bond acceptors (Lipinski definition) is 3. The number of guanidine groups is 1. The van der Waals surface area contributed by atoms with Crippen LogP contribution in [0.1, 0.15) is 50.7 Å². The van der Waals surface area contributed by atoms with Crippen LogP contribution in [0.4, 0.5) is 0 Å².